The fraction of sp³-hybridized carbons (Fsp3) is 0.250. The molecule has 134 valence electrons. The Kier molecular flexibility index (Phi) is 5.63. The van der Waals surface area contributed by atoms with E-state index in [2.05, 4.69) is 15.2 Å². The van der Waals surface area contributed by atoms with Crippen molar-refractivity contribution in [2.75, 3.05) is 36.4 Å². The van der Waals surface area contributed by atoms with Gasteiger partial charge in [0.25, 0.3) is 0 Å². The molecule has 1 aromatic heterocycles. The highest BCUT2D eigenvalue weighted by molar-refractivity contribution is 5.92. The lowest BCUT2D eigenvalue weighted by atomic mass is 10.2. The Bertz CT molecular complexity index is 779. The summed E-state index contributed by atoms with van der Waals surface area (Å²) >= 11 is 0. The first-order chi connectivity index (χ1) is 12.6. The van der Waals surface area contributed by atoms with Crippen LogP contribution in [0, 0.1) is 0 Å². The number of nitrogens with one attached hydrogen (secondary N) is 1. The topological polar surface area (TPSA) is 65.5 Å². The molecule has 0 aliphatic carbocycles. The molecule has 1 aliphatic rings. The van der Waals surface area contributed by atoms with E-state index in [1.807, 2.05) is 41.3 Å². The summed E-state index contributed by atoms with van der Waals surface area (Å²) in [4.78, 5) is 31.6. The molecule has 0 unspecified atom stereocenters. The van der Waals surface area contributed by atoms with Crippen molar-refractivity contribution in [2.24, 2.45) is 0 Å². The van der Waals surface area contributed by atoms with Crippen molar-refractivity contribution in [1.82, 2.24) is 9.88 Å². The van der Waals surface area contributed by atoms with Crippen molar-refractivity contribution in [3.05, 3.63) is 60.4 Å². The maximum Gasteiger partial charge on any atom is 0.246 e. The Labute approximate surface area is 153 Å². The van der Waals surface area contributed by atoms with Crippen LogP contribution < -0.4 is 10.2 Å². The molecule has 3 rings (SSSR count). The van der Waals surface area contributed by atoms with E-state index < -0.39 is 0 Å². The molecule has 2 aromatic rings. The lowest BCUT2D eigenvalue weighted by molar-refractivity contribution is -0.126. The number of aromatic nitrogens is 1. The van der Waals surface area contributed by atoms with Gasteiger partial charge in [0.05, 0.1) is 0 Å². The number of hydrogen-bond acceptors (Lipinski definition) is 4. The summed E-state index contributed by atoms with van der Waals surface area (Å²) in [6.45, 7) is 4.50. The monoisotopic (exact) mass is 350 g/mol. The number of nitrogens with zero attached hydrogens (tertiary/aromatic N) is 3. The van der Waals surface area contributed by atoms with Gasteiger partial charge in [-0.15, -0.1) is 0 Å². The fourth-order valence-electron chi connectivity index (χ4n) is 2.89. The second-order valence-corrected chi connectivity index (χ2v) is 6.15. The van der Waals surface area contributed by atoms with E-state index in [0.717, 1.165) is 30.0 Å². The molecule has 1 aromatic carbocycles. The lowest BCUT2D eigenvalue weighted by Gasteiger charge is -2.35. The van der Waals surface area contributed by atoms with Crippen LogP contribution in [-0.4, -0.2) is 47.9 Å². The maximum absolute atomic E-state index is 12.4. The van der Waals surface area contributed by atoms with Crippen LogP contribution in [0.3, 0.4) is 0 Å². The standard InChI is InChI=1S/C20H22N4O2/c1-16(25)22-18-5-2-17(3-6-18)4-7-20(26)24-14-12-23(13-15-24)19-8-10-21-11-9-19/h2-11H,12-15H2,1H3,(H,22,25)/b7-4+. The third-order valence-electron chi connectivity index (χ3n) is 4.27. The molecule has 6 nitrogen and oxygen atoms in total. The largest absolute Gasteiger partial charge is 0.368 e. The third kappa shape index (κ3) is 4.69. The highest BCUT2D eigenvalue weighted by atomic mass is 16.2. The normalized spacial score (nSPS) is 14.5. The first-order valence-electron chi connectivity index (χ1n) is 8.61. The lowest BCUT2D eigenvalue weighted by Crippen LogP contribution is -2.48. The minimum absolute atomic E-state index is 0.0188. The number of amides is 2. The molecular weight excluding hydrogens is 328 g/mol. The SMILES string of the molecule is CC(=O)Nc1ccc(/C=C/C(=O)N2CCN(c3ccncc3)CC2)cc1. The summed E-state index contributed by atoms with van der Waals surface area (Å²) in [5.41, 5.74) is 2.80. The number of benzene rings is 1. The number of rotatable bonds is 4. The molecule has 6 heteroatoms. The molecule has 0 atom stereocenters. The summed E-state index contributed by atoms with van der Waals surface area (Å²) in [5, 5.41) is 2.72. The van der Waals surface area contributed by atoms with Crippen molar-refractivity contribution in [2.45, 2.75) is 6.92 Å². The van der Waals surface area contributed by atoms with E-state index in [1.54, 1.807) is 24.5 Å². The Hall–Kier alpha value is -3.15. The molecule has 26 heavy (non-hydrogen) atoms. The smallest absolute Gasteiger partial charge is 0.246 e. The van der Waals surface area contributed by atoms with Gasteiger partial charge >= 0.3 is 0 Å². The van der Waals surface area contributed by atoms with Crippen LogP contribution in [0.1, 0.15) is 12.5 Å². The number of hydrogen-bond donors (Lipinski definition) is 1. The molecule has 0 spiro atoms. The zero-order valence-corrected chi connectivity index (χ0v) is 14.8. The zero-order chi connectivity index (χ0) is 18.4. The third-order valence-corrected chi connectivity index (χ3v) is 4.27. The average molecular weight is 350 g/mol. The van der Waals surface area contributed by atoms with Gasteiger partial charge in [-0.2, -0.15) is 0 Å². The van der Waals surface area contributed by atoms with E-state index in [1.165, 1.54) is 6.92 Å². The van der Waals surface area contributed by atoms with Crippen LogP contribution in [-0.2, 0) is 9.59 Å². The van der Waals surface area contributed by atoms with Gasteiger partial charge in [0.2, 0.25) is 11.8 Å². The first kappa shape index (κ1) is 17.7. The number of anilines is 2. The molecular formula is C20H22N4O2. The van der Waals surface area contributed by atoms with Gasteiger partial charge in [0, 0.05) is 62.9 Å². The summed E-state index contributed by atoms with van der Waals surface area (Å²) < 4.78 is 0. The number of carbonyl (C=O) groups excluding carboxylic acids is 2. The van der Waals surface area contributed by atoms with E-state index in [9.17, 15) is 9.59 Å². The Morgan fingerprint density at radius 1 is 1.00 bits per heavy atom. The van der Waals surface area contributed by atoms with E-state index >= 15 is 0 Å². The van der Waals surface area contributed by atoms with Crippen LogP contribution >= 0.6 is 0 Å². The fourth-order valence-corrected chi connectivity index (χ4v) is 2.89. The minimum atomic E-state index is -0.102. The maximum atomic E-state index is 12.4. The molecule has 2 amide bonds. The number of piperazine rings is 1. The molecule has 1 fully saturated rings. The Balaban J connectivity index is 1.52. The van der Waals surface area contributed by atoms with E-state index in [0.29, 0.717) is 13.1 Å². The van der Waals surface area contributed by atoms with E-state index in [-0.39, 0.29) is 11.8 Å². The Morgan fingerprint density at radius 3 is 2.27 bits per heavy atom. The molecule has 0 radical (unpaired) electrons. The highest BCUT2D eigenvalue weighted by Gasteiger charge is 2.19. The van der Waals surface area contributed by atoms with Gasteiger partial charge in [-0.05, 0) is 35.9 Å². The molecule has 1 N–H and O–H groups in total. The summed E-state index contributed by atoms with van der Waals surface area (Å²) in [5.74, 6) is -0.0836. The predicted octanol–water partition coefficient (Wildman–Crippen LogP) is 2.40. The highest BCUT2D eigenvalue weighted by Crippen LogP contribution is 2.15. The van der Waals surface area contributed by atoms with Crippen LogP contribution in [0.2, 0.25) is 0 Å². The van der Waals surface area contributed by atoms with Gasteiger partial charge in [0.15, 0.2) is 0 Å². The van der Waals surface area contributed by atoms with Gasteiger partial charge in [0.1, 0.15) is 0 Å². The average Bonchev–Trinajstić information content (AvgIpc) is 2.67. The van der Waals surface area contributed by atoms with Crippen LogP contribution in [0.15, 0.2) is 54.9 Å². The van der Waals surface area contributed by atoms with Gasteiger partial charge in [-0.1, -0.05) is 12.1 Å². The Morgan fingerprint density at radius 2 is 1.65 bits per heavy atom. The molecule has 1 saturated heterocycles. The van der Waals surface area contributed by atoms with Crippen molar-refractivity contribution in [3.8, 4) is 0 Å². The zero-order valence-electron chi connectivity index (χ0n) is 14.8. The van der Waals surface area contributed by atoms with Gasteiger partial charge in [-0.3, -0.25) is 14.6 Å². The van der Waals surface area contributed by atoms with Crippen molar-refractivity contribution >= 4 is 29.3 Å². The van der Waals surface area contributed by atoms with Gasteiger partial charge in [-0.25, -0.2) is 0 Å². The van der Waals surface area contributed by atoms with E-state index in [4.69, 9.17) is 0 Å². The number of carbonyl (C=O) groups is 2. The predicted molar refractivity (Wildman–Crippen MR) is 103 cm³/mol. The summed E-state index contributed by atoms with van der Waals surface area (Å²) in [6.07, 6.45) is 6.98. The van der Waals surface area contributed by atoms with Crippen molar-refractivity contribution in [3.63, 3.8) is 0 Å². The number of pyridine rings is 1. The molecule has 0 bridgehead atoms. The first-order valence-corrected chi connectivity index (χ1v) is 8.61. The van der Waals surface area contributed by atoms with Crippen LogP contribution in [0.25, 0.3) is 6.08 Å². The molecule has 2 heterocycles. The van der Waals surface area contributed by atoms with Crippen LogP contribution in [0.5, 0.6) is 0 Å². The van der Waals surface area contributed by atoms with Gasteiger partial charge < -0.3 is 15.1 Å². The molecule has 0 saturated carbocycles. The minimum Gasteiger partial charge on any atom is -0.368 e. The quantitative estimate of drug-likeness (QED) is 0.860. The summed E-state index contributed by atoms with van der Waals surface area (Å²) in [7, 11) is 0. The second kappa shape index (κ2) is 8.29. The van der Waals surface area contributed by atoms with Crippen molar-refractivity contribution < 1.29 is 9.59 Å². The molecule has 1 aliphatic heterocycles. The van der Waals surface area contributed by atoms with Crippen LogP contribution in [0.4, 0.5) is 11.4 Å². The van der Waals surface area contributed by atoms with Crippen molar-refractivity contribution in [1.29, 1.82) is 0 Å². The second-order valence-electron chi connectivity index (χ2n) is 6.15. The summed E-state index contributed by atoms with van der Waals surface area (Å²) in [6, 6.07) is 11.4.